The Kier molecular flexibility index (Phi) is 4.36. The Morgan fingerprint density at radius 2 is 2.33 bits per heavy atom. The molecular formula is C12H22N2S. The van der Waals surface area contributed by atoms with Crippen LogP contribution in [0.15, 0.2) is 4.99 Å². The zero-order valence-electron chi connectivity index (χ0n) is 9.67. The number of nitrogens with one attached hydrogen (secondary N) is 1. The molecule has 0 saturated heterocycles. The van der Waals surface area contributed by atoms with Crippen molar-refractivity contribution >= 4 is 16.9 Å². The number of aliphatic imine (C=N–C) groups is 1. The van der Waals surface area contributed by atoms with Gasteiger partial charge in [0.1, 0.15) is 0 Å². The van der Waals surface area contributed by atoms with E-state index in [1.54, 1.807) is 0 Å². The van der Waals surface area contributed by atoms with Crippen LogP contribution in [0.1, 0.15) is 45.4 Å². The molecule has 15 heavy (non-hydrogen) atoms. The van der Waals surface area contributed by atoms with Gasteiger partial charge in [-0.3, -0.25) is 4.99 Å². The lowest BCUT2D eigenvalue weighted by atomic mass is 9.84. The fourth-order valence-electron chi connectivity index (χ4n) is 2.51. The Balaban J connectivity index is 1.80. The lowest BCUT2D eigenvalue weighted by Gasteiger charge is -2.30. The SMILES string of the molecule is CCC1CCCC(NC2=NCCCS2)C1. The summed E-state index contributed by atoms with van der Waals surface area (Å²) in [4.78, 5) is 4.54. The molecule has 0 spiro atoms. The van der Waals surface area contributed by atoms with E-state index in [1.807, 2.05) is 11.8 Å². The van der Waals surface area contributed by atoms with E-state index in [1.165, 1.54) is 49.4 Å². The minimum Gasteiger partial charge on any atom is -0.362 e. The maximum Gasteiger partial charge on any atom is 0.156 e. The first-order chi connectivity index (χ1) is 7.38. The summed E-state index contributed by atoms with van der Waals surface area (Å²) >= 11 is 1.90. The van der Waals surface area contributed by atoms with Crippen LogP contribution >= 0.6 is 11.8 Å². The van der Waals surface area contributed by atoms with Crippen LogP contribution in [0.4, 0.5) is 0 Å². The van der Waals surface area contributed by atoms with Gasteiger partial charge in [-0.2, -0.15) is 0 Å². The summed E-state index contributed by atoms with van der Waals surface area (Å²) in [6, 6.07) is 0.702. The lowest BCUT2D eigenvalue weighted by Crippen LogP contribution is -2.38. The summed E-state index contributed by atoms with van der Waals surface area (Å²) in [5.41, 5.74) is 0. The van der Waals surface area contributed by atoms with Gasteiger partial charge in [0, 0.05) is 18.3 Å². The Hall–Kier alpha value is -0.180. The molecule has 1 heterocycles. The van der Waals surface area contributed by atoms with Gasteiger partial charge in [-0.05, 0) is 25.2 Å². The van der Waals surface area contributed by atoms with Crippen molar-refractivity contribution in [3.63, 3.8) is 0 Å². The second kappa shape index (κ2) is 5.78. The van der Waals surface area contributed by atoms with Crippen molar-refractivity contribution in [3.05, 3.63) is 0 Å². The van der Waals surface area contributed by atoms with Gasteiger partial charge in [-0.25, -0.2) is 0 Å². The molecule has 2 aliphatic rings. The molecule has 2 atom stereocenters. The first kappa shape index (κ1) is 11.3. The van der Waals surface area contributed by atoms with Crippen molar-refractivity contribution in [1.82, 2.24) is 5.32 Å². The van der Waals surface area contributed by atoms with Gasteiger partial charge in [0.25, 0.3) is 0 Å². The highest BCUT2D eigenvalue weighted by atomic mass is 32.2. The molecule has 1 saturated carbocycles. The number of hydrogen-bond donors (Lipinski definition) is 1. The fraction of sp³-hybridized carbons (Fsp3) is 0.917. The standard InChI is InChI=1S/C12H22N2S/c1-2-10-5-3-6-11(9-10)14-12-13-7-4-8-15-12/h10-11H,2-9H2,1H3,(H,13,14). The largest absolute Gasteiger partial charge is 0.362 e. The quantitative estimate of drug-likeness (QED) is 0.782. The summed E-state index contributed by atoms with van der Waals surface area (Å²) in [7, 11) is 0. The van der Waals surface area contributed by atoms with Crippen molar-refractivity contribution < 1.29 is 0 Å². The van der Waals surface area contributed by atoms with E-state index < -0.39 is 0 Å². The summed E-state index contributed by atoms with van der Waals surface area (Å²) in [5.74, 6) is 2.20. The third kappa shape index (κ3) is 3.40. The minimum absolute atomic E-state index is 0.702. The molecule has 1 fully saturated rings. The van der Waals surface area contributed by atoms with Gasteiger partial charge in [-0.1, -0.05) is 37.9 Å². The Morgan fingerprint density at radius 3 is 3.07 bits per heavy atom. The van der Waals surface area contributed by atoms with E-state index >= 15 is 0 Å². The van der Waals surface area contributed by atoms with Crippen molar-refractivity contribution in [2.75, 3.05) is 12.3 Å². The third-order valence-corrected chi connectivity index (χ3v) is 4.50. The van der Waals surface area contributed by atoms with Crippen LogP contribution in [-0.4, -0.2) is 23.5 Å². The van der Waals surface area contributed by atoms with Crippen LogP contribution in [0, 0.1) is 5.92 Å². The number of nitrogens with zero attached hydrogens (tertiary/aromatic N) is 1. The van der Waals surface area contributed by atoms with Crippen LogP contribution in [-0.2, 0) is 0 Å². The molecule has 2 unspecified atom stereocenters. The van der Waals surface area contributed by atoms with E-state index in [0.29, 0.717) is 6.04 Å². The van der Waals surface area contributed by atoms with Crippen molar-refractivity contribution in [2.24, 2.45) is 10.9 Å². The maximum absolute atomic E-state index is 4.54. The molecule has 2 rings (SSSR count). The summed E-state index contributed by atoms with van der Waals surface area (Å²) in [6.45, 7) is 3.35. The van der Waals surface area contributed by atoms with Gasteiger partial charge >= 0.3 is 0 Å². The molecule has 3 heteroatoms. The average Bonchev–Trinajstić information content (AvgIpc) is 2.31. The van der Waals surface area contributed by atoms with E-state index in [9.17, 15) is 0 Å². The van der Waals surface area contributed by atoms with Crippen molar-refractivity contribution in [3.8, 4) is 0 Å². The molecule has 0 aromatic heterocycles. The lowest BCUT2D eigenvalue weighted by molar-refractivity contribution is 0.300. The fourth-order valence-corrected chi connectivity index (χ4v) is 3.41. The van der Waals surface area contributed by atoms with E-state index in [-0.39, 0.29) is 0 Å². The van der Waals surface area contributed by atoms with E-state index in [4.69, 9.17) is 0 Å². The zero-order valence-corrected chi connectivity index (χ0v) is 10.5. The van der Waals surface area contributed by atoms with E-state index in [2.05, 4.69) is 17.2 Å². The van der Waals surface area contributed by atoms with Gasteiger partial charge < -0.3 is 5.32 Å². The maximum atomic E-state index is 4.54. The number of amidine groups is 1. The van der Waals surface area contributed by atoms with Crippen LogP contribution in [0.3, 0.4) is 0 Å². The van der Waals surface area contributed by atoms with Crippen molar-refractivity contribution in [1.29, 1.82) is 0 Å². The Morgan fingerprint density at radius 1 is 1.40 bits per heavy atom. The number of rotatable bonds is 2. The Labute approximate surface area is 97.3 Å². The number of hydrogen-bond acceptors (Lipinski definition) is 3. The molecule has 0 aromatic carbocycles. The molecule has 1 aliphatic carbocycles. The second-order valence-electron chi connectivity index (χ2n) is 4.67. The summed E-state index contributed by atoms with van der Waals surface area (Å²) in [5, 5.41) is 4.85. The topological polar surface area (TPSA) is 24.4 Å². The minimum atomic E-state index is 0.702. The molecule has 0 bridgehead atoms. The zero-order chi connectivity index (χ0) is 10.5. The summed E-state index contributed by atoms with van der Waals surface area (Å²) in [6.07, 6.45) is 8.13. The Bertz CT molecular complexity index is 228. The normalized spacial score (nSPS) is 32.2. The average molecular weight is 226 g/mol. The number of thioether (sulfide) groups is 1. The first-order valence-electron chi connectivity index (χ1n) is 6.32. The van der Waals surface area contributed by atoms with Gasteiger partial charge in [-0.15, -0.1) is 0 Å². The van der Waals surface area contributed by atoms with Crippen LogP contribution in [0.5, 0.6) is 0 Å². The highest BCUT2D eigenvalue weighted by Crippen LogP contribution is 2.27. The van der Waals surface area contributed by atoms with Gasteiger partial charge in [0.2, 0.25) is 0 Å². The van der Waals surface area contributed by atoms with E-state index in [0.717, 1.165) is 12.5 Å². The van der Waals surface area contributed by atoms with Gasteiger partial charge in [0.05, 0.1) is 0 Å². The molecule has 1 N–H and O–H groups in total. The first-order valence-corrected chi connectivity index (χ1v) is 7.31. The van der Waals surface area contributed by atoms with Crippen LogP contribution in [0.25, 0.3) is 0 Å². The molecule has 0 aromatic rings. The van der Waals surface area contributed by atoms with Crippen LogP contribution < -0.4 is 5.32 Å². The monoisotopic (exact) mass is 226 g/mol. The molecular weight excluding hydrogens is 204 g/mol. The molecule has 0 amide bonds. The smallest absolute Gasteiger partial charge is 0.156 e. The second-order valence-corrected chi connectivity index (χ2v) is 5.75. The third-order valence-electron chi connectivity index (χ3n) is 3.48. The van der Waals surface area contributed by atoms with Crippen molar-refractivity contribution in [2.45, 2.75) is 51.5 Å². The molecule has 1 aliphatic heterocycles. The highest BCUT2D eigenvalue weighted by Gasteiger charge is 2.21. The molecule has 2 nitrogen and oxygen atoms in total. The molecule has 86 valence electrons. The predicted octanol–water partition coefficient (Wildman–Crippen LogP) is 3.04. The molecule has 0 radical (unpaired) electrons. The highest BCUT2D eigenvalue weighted by molar-refractivity contribution is 8.13. The van der Waals surface area contributed by atoms with Gasteiger partial charge in [0.15, 0.2) is 5.17 Å². The van der Waals surface area contributed by atoms with Crippen LogP contribution in [0.2, 0.25) is 0 Å². The summed E-state index contributed by atoms with van der Waals surface area (Å²) < 4.78 is 0. The predicted molar refractivity (Wildman–Crippen MR) is 68.5 cm³/mol.